The third-order valence-corrected chi connectivity index (χ3v) is 5.58. The lowest BCUT2D eigenvalue weighted by molar-refractivity contribution is -0.118. The van der Waals surface area contributed by atoms with Crippen LogP contribution in [0.15, 0.2) is 35.4 Å². The third-order valence-electron chi connectivity index (χ3n) is 4.46. The van der Waals surface area contributed by atoms with E-state index < -0.39 is 12.0 Å². The molecule has 0 radical (unpaired) electrons. The molecule has 27 heavy (non-hydrogen) atoms. The third kappa shape index (κ3) is 3.48. The average molecular weight is 385 g/mol. The molecule has 0 saturated heterocycles. The van der Waals surface area contributed by atoms with Crippen molar-refractivity contribution < 1.29 is 14.3 Å². The van der Waals surface area contributed by atoms with E-state index in [1.165, 1.54) is 35.4 Å². The predicted octanol–water partition coefficient (Wildman–Crippen LogP) is 3.06. The highest BCUT2D eigenvalue weighted by atomic mass is 32.1. The lowest BCUT2D eigenvalue weighted by Gasteiger charge is -2.15. The number of esters is 1. The first kappa shape index (κ1) is 18.8. The van der Waals surface area contributed by atoms with Crippen LogP contribution in [-0.2, 0) is 9.53 Å². The molecule has 2 heterocycles. The molecule has 1 unspecified atom stereocenters. The van der Waals surface area contributed by atoms with Crippen molar-refractivity contribution in [2.24, 2.45) is 0 Å². The van der Waals surface area contributed by atoms with Crippen LogP contribution in [0.2, 0.25) is 0 Å². The summed E-state index contributed by atoms with van der Waals surface area (Å²) in [7, 11) is 1.29. The van der Waals surface area contributed by atoms with Crippen molar-refractivity contribution >= 4 is 39.1 Å². The number of hydrogen-bond acceptors (Lipinski definition) is 6. The van der Waals surface area contributed by atoms with Crippen LogP contribution in [0.1, 0.15) is 33.8 Å². The molecular formula is C19H19N3O4S. The predicted molar refractivity (Wildman–Crippen MR) is 104 cm³/mol. The molecule has 1 N–H and O–H groups in total. The van der Waals surface area contributed by atoms with Gasteiger partial charge in [-0.2, -0.15) is 0 Å². The van der Waals surface area contributed by atoms with Gasteiger partial charge in [0.15, 0.2) is 0 Å². The van der Waals surface area contributed by atoms with Gasteiger partial charge in [0, 0.05) is 10.6 Å². The van der Waals surface area contributed by atoms with Gasteiger partial charge < -0.3 is 10.1 Å². The topological polar surface area (TPSA) is 90.3 Å². The van der Waals surface area contributed by atoms with E-state index in [2.05, 4.69) is 15.0 Å². The van der Waals surface area contributed by atoms with Gasteiger partial charge in [0.2, 0.25) is 5.91 Å². The molecule has 0 bridgehead atoms. The first-order valence-corrected chi connectivity index (χ1v) is 9.11. The largest absolute Gasteiger partial charge is 0.465 e. The molecule has 7 nitrogen and oxygen atoms in total. The Bertz CT molecular complexity index is 1100. The first-order valence-electron chi connectivity index (χ1n) is 8.29. The Hall–Kier alpha value is -3.00. The number of rotatable bonds is 4. The molecule has 1 atom stereocenters. The Balaban J connectivity index is 1.89. The number of anilines is 1. The van der Waals surface area contributed by atoms with E-state index in [1.807, 2.05) is 13.8 Å². The van der Waals surface area contributed by atoms with Crippen LogP contribution in [0.5, 0.6) is 0 Å². The summed E-state index contributed by atoms with van der Waals surface area (Å²) in [4.78, 5) is 43.1. The summed E-state index contributed by atoms with van der Waals surface area (Å²) in [6.45, 7) is 5.45. The fourth-order valence-corrected chi connectivity index (χ4v) is 3.73. The van der Waals surface area contributed by atoms with E-state index in [0.717, 1.165) is 10.4 Å². The van der Waals surface area contributed by atoms with Crippen molar-refractivity contribution in [2.75, 3.05) is 12.4 Å². The van der Waals surface area contributed by atoms with Crippen molar-refractivity contribution in [3.63, 3.8) is 0 Å². The van der Waals surface area contributed by atoms with Crippen LogP contribution in [0.25, 0.3) is 10.2 Å². The van der Waals surface area contributed by atoms with Crippen molar-refractivity contribution in [1.29, 1.82) is 0 Å². The number of carbonyl (C=O) groups is 2. The Morgan fingerprint density at radius 1 is 1.30 bits per heavy atom. The van der Waals surface area contributed by atoms with Crippen molar-refractivity contribution in [3.8, 4) is 0 Å². The quantitative estimate of drug-likeness (QED) is 0.697. The fourth-order valence-electron chi connectivity index (χ4n) is 2.74. The van der Waals surface area contributed by atoms with E-state index in [9.17, 15) is 14.4 Å². The van der Waals surface area contributed by atoms with Gasteiger partial charge in [0.1, 0.15) is 10.9 Å². The van der Waals surface area contributed by atoms with Gasteiger partial charge >= 0.3 is 5.97 Å². The fraction of sp³-hybridized carbons (Fsp3) is 0.263. The number of thiophene rings is 1. The van der Waals surface area contributed by atoms with E-state index in [-0.39, 0.29) is 11.5 Å². The molecule has 3 aromatic rings. The standard InChI is InChI=1S/C19H19N3O4S/c1-10-12(3)27-17-15(10)18(24)22(9-20-17)11(2)16(23)21-14-7-5-6-13(8-14)19(25)26-4/h5-9,11H,1-4H3,(H,21,23). The molecule has 0 aliphatic rings. The van der Waals surface area contributed by atoms with Crippen LogP contribution in [0.4, 0.5) is 5.69 Å². The summed E-state index contributed by atoms with van der Waals surface area (Å²) in [6.07, 6.45) is 1.40. The number of ether oxygens (including phenoxy) is 1. The van der Waals surface area contributed by atoms with Gasteiger partial charge in [-0.1, -0.05) is 6.07 Å². The molecule has 2 aromatic heterocycles. The molecule has 140 valence electrons. The van der Waals surface area contributed by atoms with Gasteiger partial charge in [-0.15, -0.1) is 11.3 Å². The Labute approximate surface area is 159 Å². The maximum atomic E-state index is 12.8. The Morgan fingerprint density at radius 3 is 2.74 bits per heavy atom. The van der Waals surface area contributed by atoms with Crippen LogP contribution in [-0.4, -0.2) is 28.5 Å². The Morgan fingerprint density at radius 2 is 2.04 bits per heavy atom. The van der Waals surface area contributed by atoms with Crippen LogP contribution in [0, 0.1) is 13.8 Å². The van der Waals surface area contributed by atoms with E-state index >= 15 is 0 Å². The molecule has 0 fully saturated rings. The molecule has 1 amide bonds. The second-order valence-electron chi connectivity index (χ2n) is 6.16. The lowest BCUT2D eigenvalue weighted by atomic mass is 10.2. The van der Waals surface area contributed by atoms with Crippen LogP contribution in [0.3, 0.4) is 0 Å². The summed E-state index contributed by atoms with van der Waals surface area (Å²) in [6, 6.07) is 5.65. The summed E-state index contributed by atoms with van der Waals surface area (Å²) >= 11 is 1.46. The minimum absolute atomic E-state index is 0.243. The highest BCUT2D eigenvalue weighted by molar-refractivity contribution is 7.18. The second-order valence-corrected chi connectivity index (χ2v) is 7.36. The molecule has 0 spiro atoms. The van der Waals surface area contributed by atoms with Gasteiger partial charge in [-0.05, 0) is 44.5 Å². The van der Waals surface area contributed by atoms with E-state index in [0.29, 0.717) is 21.5 Å². The van der Waals surface area contributed by atoms with Gasteiger partial charge in [0.05, 0.1) is 24.4 Å². The number of nitrogens with zero attached hydrogens (tertiary/aromatic N) is 2. The molecule has 0 saturated carbocycles. The number of aryl methyl sites for hydroxylation is 2. The Kier molecular flexibility index (Phi) is 5.09. The normalized spacial score (nSPS) is 12.0. The number of benzene rings is 1. The molecule has 1 aromatic carbocycles. The van der Waals surface area contributed by atoms with Crippen molar-refractivity contribution in [2.45, 2.75) is 26.8 Å². The second kappa shape index (κ2) is 7.32. The van der Waals surface area contributed by atoms with Crippen LogP contribution >= 0.6 is 11.3 Å². The smallest absolute Gasteiger partial charge is 0.337 e. The van der Waals surface area contributed by atoms with Gasteiger partial charge in [-0.25, -0.2) is 9.78 Å². The van der Waals surface area contributed by atoms with Gasteiger partial charge in [0.25, 0.3) is 5.56 Å². The number of aromatic nitrogens is 2. The summed E-state index contributed by atoms with van der Waals surface area (Å²) < 4.78 is 6.00. The zero-order chi connectivity index (χ0) is 19.7. The van der Waals surface area contributed by atoms with Crippen molar-refractivity contribution in [1.82, 2.24) is 9.55 Å². The van der Waals surface area contributed by atoms with E-state index in [1.54, 1.807) is 25.1 Å². The number of methoxy groups -OCH3 is 1. The first-order chi connectivity index (χ1) is 12.8. The zero-order valence-corrected chi connectivity index (χ0v) is 16.2. The number of nitrogens with one attached hydrogen (secondary N) is 1. The maximum Gasteiger partial charge on any atom is 0.337 e. The number of carbonyl (C=O) groups excluding carboxylic acids is 2. The van der Waals surface area contributed by atoms with Gasteiger partial charge in [-0.3, -0.25) is 14.2 Å². The number of fused-ring (bicyclic) bond motifs is 1. The molecule has 8 heteroatoms. The number of hydrogen-bond donors (Lipinski definition) is 1. The maximum absolute atomic E-state index is 12.8. The molecular weight excluding hydrogens is 366 g/mol. The highest BCUT2D eigenvalue weighted by Gasteiger charge is 2.20. The SMILES string of the molecule is COC(=O)c1cccc(NC(=O)C(C)n2cnc3sc(C)c(C)c3c2=O)c1. The minimum atomic E-state index is -0.768. The monoisotopic (exact) mass is 385 g/mol. The van der Waals surface area contributed by atoms with E-state index in [4.69, 9.17) is 0 Å². The summed E-state index contributed by atoms with van der Waals surface area (Å²) in [5.41, 5.74) is 1.42. The summed E-state index contributed by atoms with van der Waals surface area (Å²) in [5.74, 6) is -0.877. The molecule has 3 rings (SSSR count). The number of amides is 1. The minimum Gasteiger partial charge on any atom is -0.465 e. The molecule has 0 aliphatic heterocycles. The van der Waals surface area contributed by atoms with Crippen LogP contribution < -0.4 is 10.9 Å². The zero-order valence-electron chi connectivity index (χ0n) is 15.4. The average Bonchev–Trinajstić information content (AvgIpc) is 2.95. The molecule has 0 aliphatic carbocycles. The van der Waals surface area contributed by atoms with Crippen molar-refractivity contribution in [3.05, 3.63) is 57.0 Å². The highest BCUT2D eigenvalue weighted by Crippen LogP contribution is 2.26. The lowest BCUT2D eigenvalue weighted by Crippen LogP contribution is -2.31. The summed E-state index contributed by atoms with van der Waals surface area (Å²) in [5, 5.41) is 3.27.